The first-order valence-corrected chi connectivity index (χ1v) is 10.5. The number of carboxylic acids is 1. The number of aliphatic carboxylic acids is 1. The molecule has 3 rings (SSSR count). The summed E-state index contributed by atoms with van der Waals surface area (Å²) in [6, 6.07) is 26.7. The third-order valence-corrected chi connectivity index (χ3v) is 4.97. The van der Waals surface area contributed by atoms with Crippen LogP contribution in [0.2, 0.25) is 0 Å². The molecule has 0 fully saturated rings. The molecular weight excluding hydrogens is 374 g/mol. The van der Waals surface area contributed by atoms with Gasteiger partial charge in [0.05, 0.1) is 0 Å². The number of benzene rings is 3. The zero-order valence-electron chi connectivity index (χ0n) is 17.5. The fourth-order valence-electron chi connectivity index (χ4n) is 3.34. The van der Waals surface area contributed by atoms with Crippen LogP contribution in [-0.2, 0) is 24.4 Å². The van der Waals surface area contributed by atoms with E-state index in [2.05, 4.69) is 60.4 Å². The number of rotatable bonds is 11. The van der Waals surface area contributed by atoms with Crippen LogP contribution in [0.25, 0.3) is 0 Å². The highest BCUT2D eigenvalue weighted by atomic mass is 16.5. The second kappa shape index (κ2) is 11.1. The maximum Gasteiger partial charge on any atom is 0.303 e. The molecule has 156 valence electrons. The van der Waals surface area contributed by atoms with Gasteiger partial charge in [0.1, 0.15) is 12.4 Å². The lowest BCUT2D eigenvalue weighted by molar-refractivity contribution is -0.136. The summed E-state index contributed by atoms with van der Waals surface area (Å²) in [7, 11) is 0. The number of aryl methyl sites for hydroxylation is 1. The van der Waals surface area contributed by atoms with Crippen molar-refractivity contribution in [1.82, 2.24) is 0 Å². The van der Waals surface area contributed by atoms with Gasteiger partial charge in [0.25, 0.3) is 0 Å². The van der Waals surface area contributed by atoms with E-state index in [1.54, 1.807) is 0 Å². The number of nitrogens with zero attached hydrogens (tertiary/aromatic N) is 1. The summed E-state index contributed by atoms with van der Waals surface area (Å²) in [5.41, 5.74) is 4.65. The molecule has 0 aliphatic rings. The van der Waals surface area contributed by atoms with Crippen LogP contribution in [0.15, 0.2) is 78.9 Å². The Morgan fingerprint density at radius 2 is 1.50 bits per heavy atom. The molecule has 0 aliphatic heterocycles. The van der Waals surface area contributed by atoms with Crippen LogP contribution in [0.5, 0.6) is 5.75 Å². The van der Waals surface area contributed by atoms with Crippen molar-refractivity contribution in [3.05, 3.63) is 95.6 Å². The van der Waals surface area contributed by atoms with E-state index in [4.69, 9.17) is 9.84 Å². The highest BCUT2D eigenvalue weighted by molar-refractivity contribution is 5.67. The third-order valence-electron chi connectivity index (χ3n) is 4.97. The van der Waals surface area contributed by atoms with E-state index in [-0.39, 0.29) is 6.42 Å². The topological polar surface area (TPSA) is 49.8 Å². The summed E-state index contributed by atoms with van der Waals surface area (Å²) in [4.78, 5) is 13.1. The first-order chi connectivity index (χ1) is 14.6. The summed E-state index contributed by atoms with van der Waals surface area (Å²) in [5.74, 6) is 0.0108. The quantitative estimate of drug-likeness (QED) is 0.446. The van der Waals surface area contributed by atoms with Gasteiger partial charge < -0.3 is 14.7 Å². The molecule has 0 aromatic heterocycles. The first kappa shape index (κ1) is 21.4. The average molecular weight is 404 g/mol. The minimum absolute atomic E-state index is 0.145. The van der Waals surface area contributed by atoms with Gasteiger partial charge in [-0.1, -0.05) is 61.5 Å². The van der Waals surface area contributed by atoms with Gasteiger partial charge in [-0.2, -0.15) is 0 Å². The fourth-order valence-corrected chi connectivity index (χ4v) is 3.34. The first-order valence-electron chi connectivity index (χ1n) is 10.5. The number of para-hydroxylation sites is 1. The SMILES string of the molecule is CCCN(Cc1ccc(COc2ccc(CCC(=O)O)cc2)cc1)c1ccccc1. The molecule has 4 nitrogen and oxygen atoms in total. The molecule has 1 N–H and O–H groups in total. The van der Waals surface area contributed by atoms with Gasteiger partial charge in [-0.25, -0.2) is 0 Å². The van der Waals surface area contributed by atoms with Crippen molar-refractivity contribution in [1.29, 1.82) is 0 Å². The number of carboxylic acid groups (broad SMARTS) is 1. The van der Waals surface area contributed by atoms with Crippen LogP contribution in [0.3, 0.4) is 0 Å². The molecule has 4 heteroatoms. The Hall–Kier alpha value is -3.27. The van der Waals surface area contributed by atoms with Gasteiger partial charge in [-0.15, -0.1) is 0 Å². The zero-order valence-corrected chi connectivity index (χ0v) is 17.5. The van der Waals surface area contributed by atoms with Gasteiger partial charge >= 0.3 is 5.97 Å². The minimum atomic E-state index is -0.777. The Morgan fingerprint density at radius 3 is 2.13 bits per heavy atom. The van der Waals surface area contributed by atoms with Crippen molar-refractivity contribution in [3.63, 3.8) is 0 Å². The summed E-state index contributed by atoms with van der Waals surface area (Å²) in [6.45, 7) is 4.62. The van der Waals surface area contributed by atoms with Crippen LogP contribution < -0.4 is 9.64 Å². The van der Waals surface area contributed by atoms with Crippen molar-refractivity contribution in [2.45, 2.75) is 39.3 Å². The molecule has 0 radical (unpaired) electrons. The molecule has 0 saturated carbocycles. The summed E-state index contributed by atoms with van der Waals surface area (Å²) in [6.07, 6.45) is 1.79. The van der Waals surface area contributed by atoms with Crippen molar-refractivity contribution < 1.29 is 14.6 Å². The summed E-state index contributed by atoms with van der Waals surface area (Å²) < 4.78 is 5.87. The number of carbonyl (C=O) groups is 1. The maximum absolute atomic E-state index is 10.7. The van der Waals surface area contributed by atoms with Crippen molar-refractivity contribution in [3.8, 4) is 5.75 Å². The largest absolute Gasteiger partial charge is 0.489 e. The lowest BCUT2D eigenvalue weighted by Gasteiger charge is -2.24. The van der Waals surface area contributed by atoms with Crippen molar-refractivity contribution >= 4 is 11.7 Å². The van der Waals surface area contributed by atoms with Gasteiger partial charge in [-0.05, 0) is 53.8 Å². The van der Waals surface area contributed by atoms with E-state index in [1.807, 2.05) is 30.3 Å². The van der Waals surface area contributed by atoms with Crippen molar-refractivity contribution in [2.75, 3.05) is 11.4 Å². The van der Waals surface area contributed by atoms with Crippen molar-refractivity contribution in [2.24, 2.45) is 0 Å². The number of hydrogen-bond acceptors (Lipinski definition) is 3. The molecule has 0 spiro atoms. The molecule has 0 atom stereocenters. The van der Waals surface area contributed by atoms with Crippen LogP contribution in [-0.4, -0.2) is 17.6 Å². The molecule has 0 bridgehead atoms. The Labute approximate surface area is 178 Å². The number of hydrogen-bond donors (Lipinski definition) is 1. The normalized spacial score (nSPS) is 10.6. The lowest BCUT2D eigenvalue weighted by atomic mass is 10.1. The Morgan fingerprint density at radius 1 is 0.867 bits per heavy atom. The Bertz CT molecular complexity index is 905. The van der Waals surface area contributed by atoms with Gasteiger partial charge in [0.15, 0.2) is 0 Å². The number of ether oxygens (including phenoxy) is 1. The standard InChI is InChI=1S/C26H29NO3/c1-2-18-27(24-6-4-3-5-7-24)19-22-8-10-23(11-9-22)20-30-25-15-12-21(13-16-25)14-17-26(28)29/h3-13,15-16H,2,14,17-20H2,1H3,(H,28,29). The predicted molar refractivity (Wildman–Crippen MR) is 121 cm³/mol. The predicted octanol–water partition coefficient (Wildman–Crippen LogP) is 5.70. The third kappa shape index (κ3) is 6.66. The second-order valence-electron chi connectivity index (χ2n) is 7.40. The smallest absolute Gasteiger partial charge is 0.303 e. The van der Waals surface area contributed by atoms with E-state index in [1.165, 1.54) is 11.3 Å². The van der Waals surface area contributed by atoms with E-state index in [0.717, 1.165) is 36.4 Å². The monoisotopic (exact) mass is 403 g/mol. The molecule has 0 saturated heterocycles. The fraction of sp³-hybridized carbons (Fsp3) is 0.269. The highest BCUT2D eigenvalue weighted by Crippen LogP contribution is 2.19. The van der Waals surface area contributed by atoms with Gasteiger partial charge in [0.2, 0.25) is 0 Å². The second-order valence-corrected chi connectivity index (χ2v) is 7.40. The van der Waals surface area contributed by atoms with Crippen LogP contribution in [0, 0.1) is 0 Å². The maximum atomic E-state index is 10.7. The van der Waals surface area contributed by atoms with Crippen LogP contribution in [0.4, 0.5) is 5.69 Å². The summed E-state index contributed by atoms with van der Waals surface area (Å²) >= 11 is 0. The summed E-state index contributed by atoms with van der Waals surface area (Å²) in [5, 5.41) is 8.76. The molecule has 0 unspecified atom stereocenters. The van der Waals surface area contributed by atoms with E-state index < -0.39 is 5.97 Å². The minimum Gasteiger partial charge on any atom is -0.489 e. The molecule has 3 aromatic rings. The molecule has 3 aromatic carbocycles. The van der Waals surface area contributed by atoms with E-state index in [9.17, 15) is 4.79 Å². The average Bonchev–Trinajstić information content (AvgIpc) is 2.78. The molecule has 0 amide bonds. The Balaban J connectivity index is 1.53. The molecule has 0 aliphatic carbocycles. The van der Waals surface area contributed by atoms with E-state index >= 15 is 0 Å². The van der Waals surface area contributed by atoms with Gasteiger partial charge in [0, 0.05) is 25.2 Å². The molecular formula is C26H29NO3. The molecule has 30 heavy (non-hydrogen) atoms. The molecule has 0 heterocycles. The Kier molecular flexibility index (Phi) is 7.90. The van der Waals surface area contributed by atoms with Gasteiger partial charge in [-0.3, -0.25) is 4.79 Å². The zero-order chi connectivity index (χ0) is 21.2. The number of anilines is 1. The van der Waals surface area contributed by atoms with Crippen LogP contribution >= 0.6 is 0 Å². The highest BCUT2D eigenvalue weighted by Gasteiger charge is 2.06. The lowest BCUT2D eigenvalue weighted by Crippen LogP contribution is -2.23. The van der Waals surface area contributed by atoms with E-state index in [0.29, 0.717) is 13.0 Å². The van der Waals surface area contributed by atoms with Crippen LogP contribution in [0.1, 0.15) is 36.5 Å².